The van der Waals surface area contributed by atoms with Crippen LogP contribution in [0.2, 0.25) is 0 Å². The normalized spacial score (nSPS) is 10.6. The van der Waals surface area contributed by atoms with Gasteiger partial charge in [-0.25, -0.2) is 0 Å². The number of anilines is 3. The average Bonchev–Trinajstić information content (AvgIpc) is 2.72. The van der Waals surface area contributed by atoms with Crippen LogP contribution in [-0.2, 0) is 0 Å². The lowest BCUT2D eigenvalue weighted by molar-refractivity contribution is 1.26. The second-order valence-electron chi connectivity index (χ2n) is 6.60. The Bertz CT molecular complexity index is 959. The Balaban J connectivity index is 1.76. The first kappa shape index (κ1) is 17.4. The fraction of sp³-hybridized carbons (Fsp3) is 0.0400. The zero-order chi connectivity index (χ0) is 18.6. The molecule has 4 aromatic rings. The standard InChI is InChI=1S/C25H21NS/c1-19-7-11-22(12-8-19)26(24-15-17-25(27)18-16-24)23-13-9-21(10-14-23)20-5-3-2-4-6-20/h2-18,27H,1H3. The first-order valence-corrected chi connectivity index (χ1v) is 9.47. The summed E-state index contributed by atoms with van der Waals surface area (Å²) in [6, 6.07) is 36.0. The highest BCUT2D eigenvalue weighted by Gasteiger charge is 2.12. The zero-order valence-corrected chi connectivity index (χ0v) is 16.1. The molecule has 4 rings (SSSR count). The maximum atomic E-state index is 4.42. The largest absolute Gasteiger partial charge is 0.311 e. The average molecular weight is 368 g/mol. The Labute approximate surface area is 166 Å². The van der Waals surface area contributed by atoms with Gasteiger partial charge in [0.05, 0.1) is 0 Å². The maximum Gasteiger partial charge on any atom is 0.0462 e. The molecular weight excluding hydrogens is 346 g/mol. The third-order valence-corrected chi connectivity index (χ3v) is 4.93. The van der Waals surface area contributed by atoms with Crippen molar-refractivity contribution in [1.29, 1.82) is 0 Å². The molecule has 0 saturated heterocycles. The van der Waals surface area contributed by atoms with Crippen molar-refractivity contribution in [2.75, 3.05) is 4.90 Å². The Hall–Kier alpha value is -2.97. The summed E-state index contributed by atoms with van der Waals surface area (Å²) in [5.41, 5.74) is 7.08. The maximum absolute atomic E-state index is 4.42. The van der Waals surface area contributed by atoms with Gasteiger partial charge in [0.25, 0.3) is 0 Å². The molecule has 0 unspecified atom stereocenters. The van der Waals surface area contributed by atoms with Crippen molar-refractivity contribution in [3.8, 4) is 11.1 Å². The number of aryl methyl sites for hydroxylation is 1. The molecule has 0 saturated carbocycles. The highest BCUT2D eigenvalue weighted by Crippen LogP contribution is 2.35. The van der Waals surface area contributed by atoms with Crippen LogP contribution in [0.15, 0.2) is 108 Å². The third kappa shape index (κ3) is 3.91. The Morgan fingerprint density at radius 1 is 0.519 bits per heavy atom. The number of rotatable bonds is 4. The summed E-state index contributed by atoms with van der Waals surface area (Å²) >= 11 is 4.42. The lowest BCUT2D eigenvalue weighted by Gasteiger charge is -2.26. The molecule has 132 valence electrons. The second kappa shape index (κ2) is 7.73. The van der Waals surface area contributed by atoms with Crippen molar-refractivity contribution >= 4 is 29.7 Å². The zero-order valence-electron chi connectivity index (χ0n) is 15.2. The summed E-state index contributed by atoms with van der Waals surface area (Å²) in [6.45, 7) is 2.11. The molecule has 0 amide bonds. The van der Waals surface area contributed by atoms with Gasteiger partial charge >= 0.3 is 0 Å². The van der Waals surface area contributed by atoms with Gasteiger partial charge in [0, 0.05) is 22.0 Å². The van der Waals surface area contributed by atoms with Crippen LogP contribution in [0, 0.1) is 6.92 Å². The molecule has 0 bridgehead atoms. The summed E-state index contributed by atoms with van der Waals surface area (Å²) in [7, 11) is 0. The van der Waals surface area contributed by atoms with E-state index >= 15 is 0 Å². The van der Waals surface area contributed by atoms with Gasteiger partial charge in [-0.15, -0.1) is 12.6 Å². The van der Waals surface area contributed by atoms with Crippen molar-refractivity contribution in [2.45, 2.75) is 11.8 Å². The third-order valence-electron chi connectivity index (χ3n) is 4.63. The molecule has 0 atom stereocenters. The fourth-order valence-corrected chi connectivity index (χ4v) is 3.33. The quantitative estimate of drug-likeness (QED) is 0.367. The van der Waals surface area contributed by atoms with Crippen molar-refractivity contribution < 1.29 is 0 Å². The lowest BCUT2D eigenvalue weighted by atomic mass is 10.0. The van der Waals surface area contributed by atoms with Gasteiger partial charge in [-0.3, -0.25) is 0 Å². The van der Waals surface area contributed by atoms with Gasteiger partial charge in [-0.1, -0.05) is 60.2 Å². The minimum atomic E-state index is 0.960. The molecule has 1 nitrogen and oxygen atoms in total. The van der Waals surface area contributed by atoms with E-state index < -0.39 is 0 Å². The Morgan fingerprint density at radius 2 is 0.963 bits per heavy atom. The van der Waals surface area contributed by atoms with Crippen LogP contribution in [0.25, 0.3) is 11.1 Å². The molecule has 27 heavy (non-hydrogen) atoms. The number of nitrogens with zero attached hydrogens (tertiary/aromatic N) is 1. The molecule has 4 aromatic carbocycles. The molecule has 0 aromatic heterocycles. The predicted octanol–water partition coefficient (Wildman–Crippen LogP) is 7.42. The van der Waals surface area contributed by atoms with Crippen molar-refractivity contribution in [3.63, 3.8) is 0 Å². The van der Waals surface area contributed by atoms with Gasteiger partial charge in [0.1, 0.15) is 0 Å². The van der Waals surface area contributed by atoms with Gasteiger partial charge in [-0.2, -0.15) is 0 Å². The summed E-state index contributed by atoms with van der Waals surface area (Å²) in [4.78, 5) is 3.23. The highest BCUT2D eigenvalue weighted by atomic mass is 32.1. The van der Waals surface area contributed by atoms with Crippen LogP contribution in [0.1, 0.15) is 5.56 Å². The van der Waals surface area contributed by atoms with Gasteiger partial charge in [0.15, 0.2) is 0 Å². The molecule has 0 spiro atoms. The highest BCUT2D eigenvalue weighted by molar-refractivity contribution is 7.80. The SMILES string of the molecule is Cc1ccc(N(c2ccc(S)cc2)c2ccc(-c3ccccc3)cc2)cc1. The van der Waals surface area contributed by atoms with Gasteiger partial charge in [0.2, 0.25) is 0 Å². The van der Waals surface area contributed by atoms with E-state index in [0.717, 1.165) is 22.0 Å². The molecule has 0 heterocycles. The number of hydrogen-bond acceptors (Lipinski definition) is 2. The summed E-state index contributed by atoms with van der Waals surface area (Å²) in [5, 5.41) is 0. The van der Waals surface area contributed by atoms with Gasteiger partial charge in [-0.05, 0) is 66.6 Å². The van der Waals surface area contributed by atoms with E-state index in [-0.39, 0.29) is 0 Å². The number of thiol groups is 1. The minimum Gasteiger partial charge on any atom is -0.311 e. The fourth-order valence-electron chi connectivity index (χ4n) is 3.18. The molecule has 0 aliphatic carbocycles. The summed E-state index contributed by atoms with van der Waals surface area (Å²) < 4.78 is 0. The van der Waals surface area contributed by atoms with Crippen LogP contribution < -0.4 is 4.90 Å². The summed E-state index contributed by atoms with van der Waals surface area (Å²) in [6.07, 6.45) is 0. The van der Waals surface area contributed by atoms with Crippen molar-refractivity contribution in [2.24, 2.45) is 0 Å². The van der Waals surface area contributed by atoms with Crippen molar-refractivity contribution in [1.82, 2.24) is 0 Å². The molecule has 0 fully saturated rings. The van der Waals surface area contributed by atoms with Crippen LogP contribution in [0.5, 0.6) is 0 Å². The van der Waals surface area contributed by atoms with Crippen LogP contribution in [0.4, 0.5) is 17.1 Å². The van der Waals surface area contributed by atoms with E-state index in [2.05, 4.69) is 109 Å². The number of hydrogen-bond donors (Lipinski definition) is 1. The monoisotopic (exact) mass is 367 g/mol. The number of benzene rings is 4. The first-order valence-electron chi connectivity index (χ1n) is 9.02. The molecule has 0 radical (unpaired) electrons. The van der Waals surface area contributed by atoms with E-state index in [4.69, 9.17) is 0 Å². The molecule has 0 aliphatic heterocycles. The van der Waals surface area contributed by atoms with E-state index in [1.54, 1.807) is 0 Å². The lowest BCUT2D eigenvalue weighted by Crippen LogP contribution is -2.09. The van der Waals surface area contributed by atoms with E-state index in [1.165, 1.54) is 16.7 Å². The minimum absolute atomic E-state index is 0.960. The second-order valence-corrected chi connectivity index (χ2v) is 7.12. The van der Waals surface area contributed by atoms with E-state index in [9.17, 15) is 0 Å². The van der Waals surface area contributed by atoms with Gasteiger partial charge < -0.3 is 4.90 Å². The topological polar surface area (TPSA) is 3.24 Å². The van der Waals surface area contributed by atoms with Crippen LogP contribution >= 0.6 is 12.6 Å². The summed E-state index contributed by atoms with van der Waals surface area (Å²) in [5.74, 6) is 0. The Morgan fingerprint density at radius 3 is 1.52 bits per heavy atom. The smallest absolute Gasteiger partial charge is 0.0462 e. The van der Waals surface area contributed by atoms with Crippen LogP contribution in [0.3, 0.4) is 0 Å². The molecular formula is C25H21NS. The Kier molecular flexibility index (Phi) is 4.99. The van der Waals surface area contributed by atoms with E-state index in [0.29, 0.717) is 0 Å². The predicted molar refractivity (Wildman–Crippen MR) is 119 cm³/mol. The molecule has 2 heteroatoms. The van der Waals surface area contributed by atoms with Crippen LogP contribution in [-0.4, -0.2) is 0 Å². The first-order chi connectivity index (χ1) is 13.2. The van der Waals surface area contributed by atoms with Crippen molar-refractivity contribution in [3.05, 3.63) is 109 Å². The van der Waals surface area contributed by atoms with E-state index in [1.807, 2.05) is 18.2 Å². The molecule has 0 N–H and O–H groups in total. The molecule has 0 aliphatic rings.